The van der Waals surface area contributed by atoms with Crippen LogP contribution in [0.2, 0.25) is 5.02 Å². The van der Waals surface area contributed by atoms with E-state index >= 15 is 0 Å². The third kappa shape index (κ3) is 4.14. The van der Waals surface area contributed by atoms with Crippen LogP contribution in [0.1, 0.15) is 45.6 Å². The van der Waals surface area contributed by atoms with Crippen molar-refractivity contribution in [1.82, 2.24) is 5.32 Å². The van der Waals surface area contributed by atoms with Gasteiger partial charge in [0.2, 0.25) is 0 Å². The van der Waals surface area contributed by atoms with Crippen molar-refractivity contribution < 1.29 is 4.74 Å². The van der Waals surface area contributed by atoms with Gasteiger partial charge in [0.25, 0.3) is 0 Å². The highest BCUT2D eigenvalue weighted by Crippen LogP contribution is 2.34. The van der Waals surface area contributed by atoms with E-state index < -0.39 is 0 Å². The molecule has 0 saturated heterocycles. The van der Waals surface area contributed by atoms with Gasteiger partial charge in [0.05, 0.1) is 7.11 Å². The third-order valence-corrected chi connectivity index (χ3v) is 5.21. The zero-order chi connectivity index (χ0) is 15.4. The first-order chi connectivity index (χ1) is 10.0. The summed E-state index contributed by atoms with van der Waals surface area (Å²) in [6, 6.07) is 6.43. The van der Waals surface area contributed by atoms with Gasteiger partial charge in [0.1, 0.15) is 5.75 Å². The summed E-state index contributed by atoms with van der Waals surface area (Å²) in [6.07, 6.45) is 3.95. The monoisotopic (exact) mass is 309 g/mol. The molecule has 0 heterocycles. The van der Waals surface area contributed by atoms with Crippen LogP contribution in [0, 0.1) is 17.8 Å². The summed E-state index contributed by atoms with van der Waals surface area (Å²) < 4.78 is 5.44. The number of hydrogen-bond acceptors (Lipinski definition) is 2. The molecule has 0 radical (unpaired) electrons. The highest BCUT2D eigenvalue weighted by atomic mass is 35.5. The maximum atomic E-state index is 6.33. The predicted octanol–water partition coefficient (Wildman–Crippen LogP) is 4.90. The molecule has 1 aliphatic rings. The number of methoxy groups -OCH3 is 1. The highest BCUT2D eigenvalue weighted by molar-refractivity contribution is 6.31. The van der Waals surface area contributed by atoms with E-state index in [1.807, 2.05) is 18.2 Å². The van der Waals surface area contributed by atoms with Crippen molar-refractivity contribution in [3.63, 3.8) is 0 Å². The Bertz CT molecular complexity index is 461. The largest absolute Gasteiger partial charge is 0.496 e. The maximum Gasteiger partial charge on any atom is 0.124 e. The molecule has 2 nitrogen and oxygen atoms in total. The van der Waals surface area contributed by atoms with E-state index in [4.69, 9.17) is 16.3 Å². The molecule has 2 rings (SSSR count). The molecule has 1 fully saturated rings. The van der Waals surface area contributed by atoms with Gasteiger partial charge in [-0.25, -0.2) is 0 Å². The molecule has 0 aliphatic heterocycles. The lowest BCUT2D eigenvalue weighted by atomic mass is 9.74. The minimum Gasteiger partial charge on any atom is -0.496 e. The van der Waals surface area contributed by atoms with Crippen molar-refractivity contribution in [2.24, 2.45) is 17.8 Å². The summed E-state index contributed by atoms with van der Waals surface area (Å²) in [5.41, 5.74) is 1.07. The Kier molecular flexibility index (Phi) is 5.95. The Morgan fingerprint density at radius 3 is 2.76 bits per heavy atom. The van der Waals surface area contributed by atoms with Crippen LogP contribution in [0.4, 0.5) is 0 Å². The molecular weight excluding hydrogens is 282 g/mol. The summed E-state index contributed by atoms with van der Waals surface area (Å²) in [4.78, 5) is 0. The molecule has 1 aromatic carbocycles. The predicted molar refractivity (Wildman–Crippen MR) is 90.0 cm³/mol. The fourth-order valence-corrected chi connectivity index (χ4v) is 3.80. The van der Waals surface area contributed by atoms with E-state index in [2.05, 4.69) is 26.1 Å². The molecule has 3 heteroatoms. The van der Waals surface area contributed by atoms with Crippen molar-refractivity contribution in [3.8, 4) is 5.75 Å². The first-order valence-corrected chi connectivity index (χ1v) is 8.45. The quantitative estimate of drug-likeness (QED) is 0.835. The zero-order valence-electron chi connectivity index (χ0n) is 13.7. The second kappa shape index (κ2) is 7.51. The van der Waals surface area contributed by atoms with Gasteiger partial charge in [0.15, 0.2) is 0 Å². The lowest BCUT2D eigenvalue weighted by Crippen LogP contribution is -2.42. The van der Waals surface area contributed by atoms with Gasteiger partial charge in [-0.2, -0.15) is 0 Å². The van der Waals surface area contributed by atoms with Gasteiger partial charge in [0, 0.05) is 23.2 Å². The van der Waals surface area contributed by atoms with Crippen LogP contribution >= 0.6 is 11.6 Å². The Morgan fingerprint density at radius 2 is 2.10 bits per heavy atom. The summed E-state index contributed by atoms with van der Waals surface area (Å²) in [5.74, 6) is 3.17. The first kappa shape index (κ1) is 16.6. The van der Waals surface area contributed by atoms with Gasteiger partial charge in [-0.05, 0) is 42.7 Å². The van der Waals surface area contributed by atoms with E-state index in [1.165, 1.54) is 19.3 Å². The second-order valence-electron chi connectivity index (χ2n) is 6.73. The third-order valence-electron chi connectivity index (χ3n) is 4.86. The minimum atomic E-state index is 0.578. The fourth-order valence-electron chi connectivity index (χ4n) is 3.57. The molecule has 1 saturated carbocycles. The summed E-state index contributed by atoms with van der Waals surface area (Å²) >= 11 is 6.33. The summed E-state index contributed by atoms with van der Waals surface area (Å²) in [6.45, 7) is 7.82. The molecule has 1 aliphatic carbocycles. The van der Waals surface area contributed by atoms with Crippen LogP contribution in [0.5, 0.6) is 5.75 Å². The Labute approximate surface area is 134 Å². The average molecular weight is 310 g/mol. The van der Waals surface area contributed by atoms with Gasteiger partial charge in [-0.1, -0.05) is 44.9 Å². The van der Waals surface area contributed by atoms with Crippen LogP contribution in [0.3, 0.4) is 0 Å². The number of nitrogens with one attached hydrogen (secondary N) is 1. The molecule has 0 amide bonds. The van der Waals surface area contributed by atoms with Crippen LogP contribution in [-0.4, -0.2) is 13.2 Å². The Balaban J connectivity index is 2.07. The Hall–Kier alpha value is -0.730. The normalized spacial score (nSPS) is 26.1. The van der Waals surface area contributed by atoms with E-state index in [0.29, 0.717) is 6.04 Å². The van der Waals surface area contributed by atoms with Crippen molar-refractivity contribution in [2.45, 2.75) is 52.6 Å². The van der Waals surface area contributed by atoms with E-state index in [1.54, 1.807) is 7.11 Å². The molecule has 3 unspecified atom stereocenters. The van der Waals surface area contributed by atoms with Crippen LogP contribution in [-0.2, 0) is 6.54 Å². The summed E-state index contributed by atoms with van der Waals surface area (Å²) in [5, 5.41) is 4.53. The lowest BCUT2D eigenvalue weighted by Gasteiger charge is -2.38. The number of halogens is 1. The molecule has 0 bridgehead atoms. The molecule has 1 aromatic rings. The zero-order valence-corrected chi connectivity index (χ0v) is 14.4. The SMILES string of the molecule is COc1cccc(Cl)c1CNC1CC(C)CCC1C(C)C. The van der Waals surface area contributed by atoms with Crippen molar-refractivity contribution in [1.29, 1.82) is 0 Å². The number of hydrogen-bond donors (Lipinski definition) is 1. The maximum absolute atomic E-state index is 6.33. The number of benzene rings is 1. The van der Waals surface area contributed by atoms with Crippen LogP contribution in [0.15, 0.2) is 18.2 Å². The van der Waals surface area contributed by atoms with E-state index in [9.17, 15) is 0 Å². The van der Waals surface area contributed by atoms with Crippen LogP contribution in [0.25, 0.3) is 0 Å². The van der Waals surface area contributed by atoms with Crippen molar-refractivity contribution in [3.05, 3.63) is 28.8 Å². The van der Waals surface area contributed by atoms with Crippen molar-refractivity contribution >= 4 is 11.6 Å². The van der Waals surface area contributed by atoms with Gasteiger partial charge in [-0.15, -0.1) is 0 Å². The molecule has 3 atom stereocenters. The molecule has 1 N–H and O–H groups in total. The van der Waals surface area contributed by atoms with Gasteiger partial charge < -0.3 is 10.1 Å². The number of ether oxygens (including phenoxy) is 1. The van der Waals surface area contributed by atoms with E-state index in [-0.39, 0.29) is 0 Å². The topological polar surface area (TPSA) is 21.3 Å². The molecule has 0 spiro atoms. The van der Waals surface area contributed by atoms with Crippen molar-refractivity contribution in [2.75, 3.05) is 7.11 Å². The molecular formula is C18H28ClNO. The van der Waals surface area contributed by atoms with E-state index in [0.717, 1.165) is 40.6 Å². The highest BCUT2D eigenvalue weighted by Gasteiger charge is 2.30. The Morgan fingerprint density at radius 1 is 1.33 bits per heavy atom. The first-order valence-electron chi connectivity index (χ1n) is 8.07. The number of rotatable bonds is 5. The smallest absolute Gasteiger partial charge is 0.124 e. The van der Waals surface area contributed by atoms with Crippen LogP contribution < -0.4 is 10.1 Å². The minimum absolute atomic E-state index is 0.578. The van der Waals surface area contributed by atoms with Gasteiger partial charge >= 0.3 is 0 Å². The fraction of sp³-hybridized carbons (Fsp3) is 0.667. The lowest BCUT2D eigenvalue weighted by molar-refractivity contribution is 0.169. The molecule has 21 heavy (non-hydrogen) atoms. The second-order valence-corrected chi connectivity index (χ2v) is 7.14. The standard InChI is InChI=1S/C18H28ClNO/c1-12(2)14-9-8-13(3)10-17(14)20-11-15-16(19)6-5-7-18(15)21-4/h5-7,12-14,17,20H,8-11H2,1-4H3. The molecule has 118 valence electrons. The van der Waals surface area contributed by atoms with Gasteiger partial charge in [-0.3, -0.25) is 0 Å². The average Bonchev–Trinajstić information content (AvgIpc) is 2.45. The molecule has 0 aromatic heterocycles. The summed E-state index contributed by atoms with van der Waals surface area (Å²) in [7, 11) is 1.70.